The largest absolute Gasteiger partial charge is 0.508 e. The molecule has 6 rings (SSSR count). The molecule has 4 saturated carbocycles. The summed E-state index contributed by atoms with van der Waals surface area (Å²) in [5.41, 5.74) is 8.96. The molecule has 0 heterocycles. The predicted octanol–water partition coefficient (Wildman–Crippen LogP) is 3.35. The summed E-state index contributed by atoms with van der Waals surface area (Å²) in [6, 6.07) is 3.12. The molecule has 0 aromatic heterocycles. The van der Waals surface area contributed by atoms with Gasteiger partial charge in [0.25, 0.3) is 0 Å². The fraction of sp³-hybridized carbons (Fsp3) is 0.615. The fourth-order valence-electron chi connectivity index (χ4n) is 9.43. The minimum Gasteiger partial charge on any atom is -0.508 e. The third-order valence-corrected chi connectivity index (χ3v) is 11.3. The van der Waals surface area contributed by atoms with Crippen molar-refractivity contribution in [2.24, 2.45) is 40.6 Å². The maximum atomic E-state index is 15.6. The summed E-state index contributed by atoms with van der Waals surface area (Å²) in [5, 5.41) is 18.8. The van der Waals surface area contributed by atoms with Crippen LogP contribution in [0.25, 0.3) is 0 Å². The number of carbonyl (C=O) groups excluding carboxylic acids is 5. The maximum Gasteiger partial charge on any atom is 0.408 e. The Bertz CT molecular complexity index is 1540. The molecular formula is C39H55N5O7. The third kappa shape index (κ3) is 8.07. The van der Waals surface area contributed by atoms with Gasteiger partial charge in [-0.2, -0.15) is 0 Å². The summed E-state index contributed by atoms with van der Waals surface area (Å²) in [4.78, 5) is 71.3. The normalized spacial score (nSPS) is 29.5. The van der Waals surface area contributed by atoms with Crippen LogP contribution >= 0.6 is 0 Å². The molecule has 0 radical (unpaired) electrons. The number of ketones is 2. The van der Waals surface area contributed by atoms with E-state index in [1.165, 1.54) is 12.1 Å². The Morgan fingerprint density at radius 3 is 2.20 bits per heavy atom. The number of aromatic hydroxyl groups is 1. The lowest BCUT2D eigenvalue weighted by Gasteiger charge is -2.66. The van der Waals surface area contributed by atoms with Gasteiger partial charge in [-0.05, 0) is 120 Å². The topological polar surface area (TPSA) is 203 Å². The number of carbonyl (C=O) groups is 5. The molecule has 5 unspecified atom stereocenters. The van der Waals surface area contributed by atoms with Crippen LogP contribution in [0.3, 0.4) is 0 Å². The van der Waals surface area contributed by atoms with E-state index in [0.717, 1.165) is 6.42 Å². The maximum absolute atomic E-state index is 15.6. The highest BCUT2D eigenvalue weighted by Gasteiger charge is 2.73. The van der Waals surface area contributed by atoms with Crippen LogP contribution in [-0.2, 0) is 30.3 Å². The van der Waals surface area contributed by atoms with Gasteiger partial charge in [0.15, 0.2) is 11.6 Å². The second-order valence-corrected chi connectivity index (χ2v) is 16.1. The van der Waals surface area contributed by atoms with Gasteiger partial charge in [-0.1, -0.05) is 43.4 Å². The van der Waals surface area contributed by atoms with Crippen LogP contribution in [-0.4, -0.2) is 70.4 Å². The number of phenolic OH excluding ortho intramolecular Hbond substituents is 1. The lowest BCUT2D eigenvalue weighted by molar-refractivity contribution is -0.181. The van der Waals surface area contributed by atoms with Crippen LogP contribution in [0, 0.1) is 29.1 Å². The quantitative estimate of drug-likeness (QED) is 0.157. The van der Waals surface area contributed by atoms with E-state index in [-0.39, 0.29) is 42.9 Å². The second-order valence-electron chi connectivity index (χ2n) is 16.1. The van der Waals surface area contributed by atoms with Crippen LogP contribution in [0.2, 0.25) is 0 Å². The molecule has 5 aliphatic rings. The van der Waals surface area contributed by atoms with Gasteiger partial charge in [0, 0.05) is 0 Å². The van der Waals surface area contributed by atoms with Crippen molar-refractivity contribution in [3.63, 3.8) is 0 Å². The lowest BCUT2D eigenvalue weighted by atomic mass is 9.38. The van der Waals surface area contributed by atoms with Crippen molar-refractivity contribution >= 4 is 29.5 Å². The fourth-order valence-corrected chi connectivity index (χ4v) is 9.43. The van der Waals surface area contributed by atoms with Gasteiger partial charge in [0.05, 0.1) is 24.2 Å². The molecule has 3 amide bonds. The highest BCUT2D eigenvalue weighted by molar-refractivity contribution is 6.14. The standard InChI is InChI=1S/C39H55N5O7/c1-5-29(41)33(47)39(34(48)30(43-36(50)51-37(2,3)4)18-24-11-13-28(45)14-12-24)27-16-25-15-26(17-27)21-38(39,20-25)44-35(49)31(42-32(46)22-40)19-23-9-7-6-8-10-23/h6-9,11-14,23,25-27,29-31,45H,5,10,15-22,40-41H2,1-4H3,(H,42,46)(H,43,50)(H,44,49)/t23?,25?,26?,27?,29?,30-,31-,38?,39?/m0/s1. The van der Waals surface area contributed by atoms with Crippen molar-refractivity contribution in [3.05, 3.63) is 54.1 Å². The van der Waals surface area contributed by atoms with Crippen molar-refractivity contribution in [2.45, 2.75) is 115 Å². The number of hydrogen-bond donors (Lipinski definition) is 6. The Labute approximate surface area is 300 Å². The Morgan fingerprint density at radius 1 is 0.961 bits per heavy atom. The van der Waals surface area contributed by atoms with Crippen molar-refractivity contribution in [1.29, 1.82) is 0 Å². The molecular weight excluding hydrogens is 650 g/mol. The number of benzene rings is 1. The zero-order chi connectivity index (χ0) is 37.1. The Morgan fingerprint density at radius 2 is 1.63 bits per heavy atom. The first-order chi connectivity index (χ1) is 24.1. The number of phenols is 1. The molecule has 12 heteroatoms. The first-order valence-corrected chi connectivity index (χ1v) is 18.4. The Kier molecular flexibility index (Phi) is 11.5. The SMILES string of the molecule is CCC(N)C(=O)C1(C(=O)[C@H](Cc2ccc(O)cc2)NC(=O)OC(C)(C)C)C2CC3CC(C2)CC1(NC(=O)[C@H](CC1C=CC=CC1)NC(=O)CN)C3. The average molecular weight is 706 g/mol. The number of amides is 3. The zero-order valence-electron chi connectivity index (χ0n) is 30.3. The number of hydrogen-bond acceptors (Lipinski definition) is 9. The van der Waals surface area contributed by atoms with Crippen molar-refractivity contribution in [3.8, 4) is 5.75 Å². The highest BCUT2D eigenvalue weighted by atomic mass is 16.6. The summed E-state index contributed by atoms with van der Waals surface area (Å²) in [6.07, 6.45) is 11.3. The van der Waals surface area contributed by atoms with Crippen LogP contribution < -0.4 is 27.4 Å². The number of allylic oxidation sites excluding steroid dienone is 4. The Hall–Kier alpha value is -4.03. The van der Waals surface area contributed by atoms with E-state index < -0.39 is 70.1 Å². The van der Waals surface area contributed by atoms with E-state index in [2.05, 4.69) is 16.0 Å². The molecule has 12 nitrogen and oxygen atoms in total. The van der Waals surface area contributed by atoms with Crippen molar-refractivity contribution in [2.75, 3.05) is 6.54 Å². The molecule has 1 aromatic rings. The average Bonchev–Trinajstić information content (AvgIpc) is 3.07. The number of alkyl carbamates (subject to hydrolysis) is 1. The van der Waals surface area contributed by atoms with E-state index in [1.54, 1.807) is 39.8 Å². The van der Waals surface area contributed by atoms with Crippen LogP contribution in [0.4, 0.5) is 4.79 Å². The molecule has 0 saturated heterocycles. The van der Waals surface area contributed by atoms with Gasteiger partial charge in [-0.15, -0.1) is 0 Å². The summed E-state index contributed by atoms with van der Waals surface area (Å²) in [7, 11) is 0. The molecule has 1 aromatic carbocycles. The van der Waals surface area contributed by atoms with Crippen molar-refractivity contribution < 1.29 is 33.8 Å². The summed E-state index contributed by atoms with van der Waals surface area (Å²) < 4.78 is 5.60. The van der Waals surface area contributed by atoms with Gasteiger partial charge < -0.3 is 37.3 Å². The van der Waals surface area contributed by atoms with E-state index in [9.17, 15) is 19.5 Å². The molecule has 4 bridgehead atoms. The van der Waals surface area contributed by atoms with Crippen LogP contribution in [0.1, 0.15) is 84.6 Å². The molecule has 4 fully saturated rings. The van der Waals surface area contributed by atoms with E-state index in [1.807, 2.05) is 24.3 Å². The Balaban J connectivity index is 1.61. The zero-order valence-corrected chi connectivity index (χ0v) is 30.3. The van der Waals surface area contributed by atoms with Gasteiger partial charge in [0.2, 0.25) is 11.8 Å². The first kappa shape index (κ1) is 38.2. The number of ether oxygens (including phenoxy) is 1. The van der Waals surface area contributed by atoms with E-state index in [4.69, 9.17) is 16.2 Å². The lowest BCUT2D eigenvalue weighted by Crippen LogP contribution is -2.79. The number of rotatable bonds is 14. The minimum absolute atomic E-state index is 0.00900. The van der Waals surface area contributed by atoms with Crippen LogP contribution in [0.5, 0.6) is 5.75 Å². The van der Waals surface area contributed by atoms with Gasteiger partial charge in [-0.3, -0.25) is 19.2 Å². The summed E-state index contributed by atoms with van der Waals surface area (Å²) in [6.45, 7) is 6.64. The second kappa shape index (κ2) is 15.3. The van der Waals surface area contributed by atoms with E-state index >= 15 is 9.59 Å². The number of nitrogens with two attached hydrogens (primary N) is 2. The summed E-state index contributed by atoms with van der Waals surface area (Å²) >= 11 is 0. The first-order valence-electron chi connectivity index (χ1n) is 18.4. The smallest absolute Gasteiger partial charge is 0.408 e. The minimum atomic E-state index is -1.77. The van der Waals surface area contributed by atoms with Gasteiger partial charge in [0.1, 0.15) is 22.8 Å². The number of Topliss-reactive ketones (excluding diaryl/α,β-unsaturated/α-hetero) is 2. The monoisotopic (exact) mass is 705 g/mol. The van der Waals surface area contributed by atoms with Gasteiger partial charge >= 0.3 is 6.09 Å². The van der Waals surface area contributed by atoms with E-state index in [0.29, 0.717) is 44.1 Å². The van der Waals surface area contributed by atoms with Crippen LogP contribution in [0.15, 0.2) is 48.6 Å². The highest BCUT2D eigenvalue weighted by Crippen LogP contribution is 2.65. The molecule has 5 aliphatic carbocycles. The van der Waals surface area contributed by atoms with Crippen molar-refractivity contribution in [1.82, 2.24) is 16.0 Å². The molecule has 278 valence electrons. The molecule has 7 atom stereocenters. The number of nitrogens with one attached hydrogen (secondary N) is 3. The molecule has 0 aliphatic heterocycles. The molecule has 51 heavy (non-hydrogen) atoms. The summed E-state index contributed by atoms with van der Waals surface area (Å²) in [5.74, 6) is -1.97. The molecule has 8 N–H and O–H groups in total. The molecule has 0 spiro atoms. The predicted molar refractivity (Wildman–Crippen MR) is 192 cm³/mol. The third-order valence-electron chi connectivity index (χ3n) is 11.3. The van der Waals surface area contributed by atoms with Gasteiger partial charge in [-0.25, -0.2) is 4.79 Å².